The fourth-order valence-electron chi connectivity index (χ4n) is 2.03. The summed E-state index contributed by atoms with van der Waals surface area (Å²) in [5.74, 6) is -0.0834. The van der Waals surface area contributed by atoms with Crippen LogP contribution in [-0.4, -0.2) is 30.0 Å². The monoisotopic (exact) mass is 349 g/mol. The van der Waals surface area contributed by atoms with Gasteiger partial charge in [0, 0.05) is 29.9 Å². The Labute approximate surface area is 150 Å². The smallest absolute Gasteiger partial charge is 0.282 e. The van der Waals surface area contributed by atoms with Gasteiger partial charge >= 0.3 is 0 Å². The molecule has 0 fully saturated rings. The van der Waals surface area contributed by atoms with Gasteiger partial charge < -0.3 is 11.5 Å². The molecule has 0 bridgehead atoms. The molecular weight excluding hydrogens is 318 g/mol. The van der Waals surface area contributed by atoms with Crippen LogP contribution in [0, 0.1) is 11.8 Å². The molecule has 0 spiro atoms. The van der Waals surface area contributed by atoms with Crippen LogP contribution in [0.15, 0.2) is 18.2 Å². The van der Waals surface area contributed by atoms with E-state index in [1.165, 1.54) is 23.3 Å². The first-order valence-electron chi connectivity index (χ1n) is 8.80. The Morgan fingerprint density at radius 2 is 1.48 bits per heavy atom. The van der Waals surface area contributed by atoms with Crippen LogP contribution in [0.25, 0.3) is 0 Å². The normalized spacial score (nSPS) is 13.3. The molecule has 1 rings (SSSR count). The van der Waals surface area contributed by atoms with E-state index in [9.17, 15) is 9.59 Å². The van der Waals surface area contributed by atoms with Crippen LogP contribution in [0.2, 0.25) is 0 Å². The van der Waals surface area contributed by atoms with E-state index in [0.717, 1.165) is 12.8 Å². The molecule has 0 aromatic heterocycles. The number of rotatable bonds is 10. The summed E-state index contributed by atoms with van der Waals surface area (Å²) >= 11 is 0. The van der Waals surface area contributed by atoms with E-state index in [0.29, 0.717) is 36.2 Å². The maximum atomic E-state index is 12.9. The second-order valence-corrected chi connectivity index (χ2v) is 6.60. The molecule has 7 heteroatoms. The Hall–Kier alpha value is -2.12. The average Bonchev–Trinajstić information content (AvgIpc) is 2.59. The van der Waals surface area contributed by atoms with Crippen LogP contribution in [-0.2, 0) is 0 Å². The van der Waals surface area contributed by atoms with Crippen molar-refractivity contribution in [2.75, 3.05) is 18.8 Å². The molecule has 0 radical (unpaired) electrons. The maximum Gasteiger partial charge on any atom is 0.282 e. The van der Waals surface area contributed by atoms with Crippen LogP contribution in [0.3, 0.4) is 0 Å². The van der Waals surface area contributed by atoms with Gasteiger partial charge in [-0.25, -0.2) is 16.0 Å². The largest absolute Gasteiger partial charge is 0.399 e. The van der Waals surface area contributed by atoms with Crippen LogP contribution in [0.5, 0.6) is 0 Å². The number of benzene rings is 1. The van der Waals surface area contributed by atoms with Crippen molar-refractivity contribution in [2.24, 2.45) is 17.6 Å². The van der Waals surface area contributed by atoms with E-state index >= 15 is 0 Å². The lowest BCUT2D eigenvalue weighted by Gasteiger charge is -2.27. The molecule has 140 valence electrons. The maximum absolute atomic E-state index is 12.9. The number of hydrogen-bond acceptors (Lipinski definition) is 5. The number of carbonyl (C=O) groups excluding carboxylic acids is 2. The Balaban J connectivity index is 2.98. The van der Waals surface area contributed by atoms with Crippen molar-refractivity contribution in [1.29, 1.82) is 0 Å². The molecule has 0 saturated heterocycles. The molecule has 0 aliphatic heterocycles. The first-order valence-corrected chi connectivity index (χ1v) is 8.80. The lowest BCUT2D eigenvalue weighted by molar-refractivity contribution is 0.0478. The van der Waals surface area contributed by atoms with E-state index in [-0.39, 0.29) is 11.5 Å². The number of amides is 2. The van der Waals surface area contributed by atoms with Gasteiger partial charge in [0.1, 0.15) is 0 Å². The summed E-state index contributed by atoms with van der Waals surface area (Å²) in [5, 5.41) is 1.39. The number of nitrogens with two attached hydrogens (primary N) is 2. The molecule has 2 atom stereocenters. The summed E-state index contributed by atoms with van der Waals surface area (Å²) in [7, 11) is 0. The second-order valence-electron chi connectivity index (χ2n) is 6.60. The zero-order valence-electron chi connectivity index (χ0n) is 15.6. The minimum Gasteiger partial charge on any atom is -0.399 e. The quantitative estimate of drug-likeness (QED) is 0.381. The fourth-order valence-corrected chi connectivity index (χ4v) is 2.03. The molecule has 1 aromatic rings. The molecule has 6 N–H and O–H groups in total. The van der Waals surface area contributed by atoms with Gasteiger partial charge in [0.15, 0.2) is 0 Å². The second kappa shape index (κ2) is 10.0. The summed E-state index contributed by atoms with van der Waals surface area (Å²) in [6.45, 7) is 9.72. The van der Waals surface area contributed by atoms with Crippen LogP contribution >= 0.6 is 0 Å². The third-order valence-corrected chi connectivity index (χ3v) is 4.28. The first kappa shape index (κ1) is 20.9. The van der Waals surface area contributed by atoms with E-state index < -0.39 is 5.91 Å². The van der Waals surface area contributed by atoms with Gasteiger partial charge in [0.2, 0.25) is 5.91 Å². The van der Waals surface area contributed by atoms with Crippen molar-refractivity contribution in [2.45, 2.75) is 40.5 Å². The topological polar surface area (TPSA) is 113 Å². The van der Waals surface area contributed by atoms with Crippen LogP contribution < -0.4 is 22.3 Å². The standard InChI is InChI=1S/C18H31N5O2/c1-5-12(3)10-21-23(22-11-13(4)6-2)18(25)15-7-14(17(20)24)8-16(19)9-15/h7-9,12-13,21-22H,5-6,10-11,19H2,1-4H3,(H2,20,24). The van der Waals surface area contributed by atoms with Crippen molar-refractivity contribution >= 4 is 17.5 Å². The van der Waals surface area contributed by atoms with E-state index in [4.69, 9.17) is 11.5 Å². The van der Waals surface area contributed by atoms with Gasteiger partial charge in [-0.2, -0.15) is 0 Å². The number of nitrogens with one attached hydrogen (secondary N) is 2. The third kappa shape index (κ3) is 6.72. The molecule has 25 heavy (non-hydrogen) atoms. The van der Waals surface area contributed by atoms with E-state index in [1.807, 2.05) is 0 Å². The lowest BCUT2D eigenvalue weighted by Crippen LogP contribution is -2.54. The predicted molar refractivity (Wildman–Crippen MR) is 100 cm³/mol. The van der Waals surface area contributed by atoms with Crippen LogP contribution in [0.4, 0.5) is 5.69 Å². The zero-order chi connectivity index (χ0) is 19.0. The number of anilines is 1. The number of primary amides is 1. The minimum absolute atomic E-state index is 0.215. The van der Waals surface area contributed by atoms with Crippen molar-refractivity contribution in [3.8, 4) is 0 Å². The molecular formula is C18H31N5O2. The fraction of sp³-hybridized carbons (Fsp3) is 0.556. The van der Waals surface area contributed by atoms with E-state index in [1.54, 1.807) is 0 Å². The Kier molecular flexibility index (Phi) is 8.37. The summed E-state index contributed by atoms with van der Waals surface area (Å²) in [5.41, 5.74) is 18.2. The van der Waals surface area contributed by atoms with Crippen molar-refractivity contribution in [3.05, 3.63) is 29.3 Å². The molecule has 1 aromatic carbocycles. The molecule has 2 amide bonds. The summed E-state index contributed by atoms with van der Waals surface area (Å²) in [6, 6.07) is 4.46. The molecule has 2 unspecified atom stereocenters. The highest BCUT2D eigenvalue weighted by atomic mass is 16.2. The number of hydrogen-bond donors (Lipinski definition) is 4. The summed E-state index contributed by atoms with van der Waals surface area (Å²) in [4.78, 5) is 24.3. The predicted octanol–water partition coefficient (Wildman–Crippen LogP) is 1.91. The van der Waals surface area contributed by atoms with Gasteiger partial charge in [0.05, 0.1) is 0 Å². The Morgan fingerprint density at radius 1 is 1.00 bits per heavy atom. The van der Waals surface area contributed by atoms with Gasteiger partial charge in [-0.3, -0.25) is 9.59 Å². The average molecular weight is 349 g/mol. The summed E-state index contributed by atoms with van der Waals surface area (Å²) < 4.78 is 0. The highest BCUT2D eigenvalue weighted by Crippen LogP contribution is 2.13. The first-order chi connectivity index (χ1) is 11.8. The van der Waals surface area contributed by atoms with Crippen LogP contribution in [0.1, 0.15) is 61.3 Å². The van der Waals surface area contributed by atoms with Gasteiger partial charge in [-0.1, -0.05) is 40.5 Å². The highest BCUT2D eigenvalue weighted by Gasteiger charge is 2.19. The zero-order valence-corrected chi connectivity index (χ0v) is 15.6. The number of nitrogens with zero attached hydrogens (tertiary/aromatic N) is 1. The number of carbonyl (C=O) groups is 2. The van der Waals surface area contributed by atoms with Gasteiger partial charge in [0.25, 0.3) is 5.91 Å². The Bertz CT molecular complexity index is 577. The number of nitrogen functional groups attached to an aromatic ring is 1. The molecule has 7 nitrogen and oxygen atoms in total. The minimum atomic E-state index is -0.618. The number of hydrazine groups is 2. The SMILES string of the molecule is CCC(C)CNN(NCC(C)CC)C(=O)c1cc(N)cc(C(N)=O)c1. The molecule has 0 saturated carbocycles. The van der Waals surface area contributed by atoms with Crippen molar-refractivity contribution < 1.29 is 9.59 Å². The highest BCUT2D eigenvalue weighted by molar-refractivity contribution is 6.00. The third-order valence-electron chi connectivity index (χ3n) is 4.28. The molecule has 0 heterocycles. The van der Waals surface area contributed by atoms with Crippen molar-refractivity contribution in [3.63, 3.8) is 0 Å². The molecule has 0 aliphatic rings. The lowest BCUT2D eigenvalue weighted by atomic mass is 10.1. The Morgan fingerprint density at radius 3 is 1.92 bits per heavy atom. The molecule has 0 aliphatic carbocycles. The van der Waals surface area contributed by atoms with Crippen molar-refractivity contribution in [1.82, 2.24) is 16.0 Å². The van der Waals surface area contributed by atoms with E-state index in [2.05, 4.69) is 38.5 Å². The van der Waals surface area contributed by atoms with Gasteiger partial charge in [-0.15, -0.1) is 0 Å². The van der Waals surface area contributed by atoms with Gasteiger partial charge in [-0.05, 0) is 30.0 Å². The summed E-state index contributed by atoms with van der Waals surface area (Å²) in [6.07, 6.45) is 2.01.